The molecule has 0 rings (SSSR count). The number of ether oxygens (including phenoxy) is 1. The van der Waals surface area contributed by atoms with E-state index in [0.717, 1.165) is 0 Å². The first kappa shape index (κ1) is 33.4. The van der Waals surface area contributed by atoms with Crippen molar-refractivity contribution in [2.45, 2.75) is 131 Å². The predicted octanol–water partition coefficient (Wildman–Crippen LogP) is 4.96. The Labute approximate surface area is 216 Å². The third-order valence-corrected chi connectivity index (χ3v) is 6.28. The van der Waals surface area contributed by atoms with Gasteiger partial charge < -0.3 is 15.2 Å². The van der Waals surface area contributed by atoms with Gasteiger partial charge in [0.2, 0.25) is 11.8 Å². The molecule has 0 aliphatic rings. The number of aliphatic hydroxyl groups is 1. The minimum atomic E-state index is -1.00. The third-order valence-electron chi connectivity index (χ3n) is 5.30. The molecule has 0 bridgehead atoms. The molecule has 0 aromatic heterocycles. The molecule has 204 valence electrons. The fourth-order valence-electron chi connectivity index (χ4n) is 4.89. The summed E-state index contributed by atoms with van der Waals surface area (Å²) < 4.78 is 5.07. The van der Waals surface area contributed by atoms with E-state index in [0.29, 0.717) is 6.42 Å². The molecule has 0 radical (unpaired) electrons. The Kier molecular flexibility index (Phi) is 10.7. The average molecular weight is 517 g/mol. The van der Waals surface area contributed by atoms with Crippen LogP contribution in [0.2, 0.25) is 0 Å². The van der Waals surface area contributed by atoms with Gasteiger partial charge in [-0.05, 0) is 54.4 Å². The summed E-state index contributed by atoms with van der Waals surface area (Å²) in [6.45, 7) is 22.6. The maximum absolute atomic E-state index is 12.9. The summed E-state index contributed by atoms with van der Waals surface area (Å²) in [5.74, 6) is -0.748. The van der Waals surface area contributed by atoms with Gasteiger partial charge in [-0.15, -0.1) is 0 Å². The summed E-state index contributed by atoms with van der Waals surface area (Å²) in [4.78, 5) is 49.8. The van der Waals surface area contributed by atoms with Crippen LogP contribution in [-0.2, 0) is 19.1 Å². The first-order chi connectivity index (χ1) is 15.2. The minimum absolute atomic E-state index is 0.0228. The molecule has 0 spiro atoms. The van der Waals surface area contributed by atoms with Crippen LogP contribution in [0.5, 0.6) is 0 Å². The Balaban J connectivity index is 5.18. The molecule has 0 aliphatic carbocycles. The molecular weight excluding hydrogens is 468 g/mol. The van der Waals surface area contributed by atoms with E-state index in [1.54, 1.807) is 55.4 Å². The van der Waals surface area contributed by atoms with Gasteiger partial charge in [-0.2, -0.15) is 0 Å². The van der Waals surface area contributed by atoms with Crippen LogP contribution in [-0.4, -0.2) is 49.6 Å². The monoisotopic (exact) mass is 516 g/mol. The largest absolute Gasteiger partial charge is 0.443 e. The van der Waals surface area contributed by atoms with Crippen molar-refractivity contribution < 1.29 is 29.0 Å². The number of hydrogen-bond donors (Lipinski definition) is 3. The highest BCUT2D eigenvalue weighted by Gasteiger charge is 2.41. The summed E-state index contributed by atoms with van der Waals surface area (Å²) in [6.07, 6.45) is 0.0869. The molecular formula is C26H48N2O6S. The number of rotatable bonds is 11. The molecule has 0 aliphatic heterocycles. The lowest BCUT2D eigenvalue weighted by Crippen LogP contribution is -2.54. The molecule has 0 heterocycles. The Hall–Kier alpha value is -1.61. The maximum atomic E-state index is 12.9. The summed E-state index contributed by atoms with van der Waals surface area (Å²) in [7, 11) is 0. The van der Waals surface area contributed by atoms with Crippen molar-refractivity contribution in [3.63, 3.8) is 0 Å². The van der Waals surface area contributed by atoms with E-state index in [-0.39, 0.29) is 23.9 Å². The number of imide groups is 1. The highest BCUT2D eigenvalue weighted by molar-refractivity contribution is 8.14. The van der Waals surface area contributed by atoms with Gasteiger partial charge in [-0.3, -0.25) is 19.7 Å². The number of nitrogens with one attached hydrogen (secondary N) is 2. The molecule has 0 atom stereocenters. The van der Waals surface area contributed by atoms with Gasteiger partial charge in [0.05, 0.1) is 5.60 Å². The topological polar surface area (TPSA) is 122 Å². The van der Waals surface area contributed by atoms with Crippen LogP contribution in [0.4, 0.5) is 4.79 Å². The number of carbonyl (C=O) groups excluding carboxylic acids is 4. The number of alkyl carbamates (subject to hydrolysis) is 1. The van der Waals surface area contributed by atoms with Crippen LogP contribution in [0.3, 0.4) is 0 Å². The van der Waals surface area contributed by atoms with Gasteiger partial charge >= 0.3 is 6.09 Å². The molecule has 0 fully saturated rings. The lowest BCUT2D eigenvalue weighted by Gasteiger charge is -2.38. The second kappa shape index (κ2) is 11.2. The van der Waals surface area contributed by atoms with E-state index in [1.165, 1.54) is 18.7 Å². The lowest BCUT2D eigenvalue weighted by molar-refractivity contribution is -0.136. The zero-order valence-electron chi connectivity index (χ0n) is 24.0. The van der Waals surface area contributed by atoms with Crippen molar-refractivity contribution in [2.24, 2.45) is 10.8 Å². The molecule has 0 unspecified atom stereocenters. The van der Waals surface area contributed by atoms with Crippen molar-refractivity contribution in [1.29, 1.82) is 0 Å². The number of amides is 3. The van der Waals surface area contributed by atoms with Gasteiger partial charge in [0.1, 0.15) is 5.60 Å². The van der Waals surface area contributed by atoms with E-state index >= 15 is 0 Å². The Bertz CT molecular complexity index is 807. The van der Waals surface area contributed by atoms with Gasteiger partial charge in [-0.25, -0.2) is 4.79 Å². The molecule has 0 saturated carbocycles. The molecule has 3 amide bonds. The molecule has 8 nitrogen and oxygen atoms in total. The molecule has 0 aromatic carbocycles. The molecule has 3 N–H and O–H groups in total. The minimum Gasteiger partial charge on any atom is -0.443 e. The van der Waals surface area contributed by atoms with Crippen LogP contribution >= 0.6 is 11.8 Å². The predicted molar refractivity (Wildman–Crippen MR) is 141 cm³/mol. The van der Waals surface area contributed by atoms with E-state index in [2.05, 4.69) is 10.6 Å². The Morgan fingerprint density at radius 3 is 1.63 bits per heavy atom. The number of carbonyl (C=O) groups is 4. The summed E-state index contributed by atoms with van der Waals surface area (Å²) >= 11 is 1.18. The van der Waals surface area contributed by atoms with Gasteiger partial charge in [-0.1, -0.05) is 53.3 Å². The van der Waals surface area contributed by atoms with Gasteiger partial charge in [0, 0.05) is 34.5 Å². The third kappa shape index (κ3) is 13.3. The fourth-order valence-corrected chi connectivity index (χ4v) is 6.09. The van der Waals surface area contributed by atoms with Crippen molar-refractivity contribution in [1.82, 2.24) is 10.6 Å². The fraction of sp³-hybridized carbons (Fsp3) is 0.846. The first-order valence-electron chi connectivity index (χ1n) is 12.0. The van der Waals surface area contributed by atoms with E-state index in [1.807, 2.05) is 27.7 Å². The second-order valence-electron chi connectivity index (χ2n) is 13.4. The SMILES string of the molecule is CC(=O)SC(C)(C)CC(C)(C)OC(=O)NC(=O)C(C)(C)CC(C)(C)NC(=O)C(C)(C)CC(C)(C)O. The smallest absolute Gasteiger partial charge is 0.414 e. The van der Waals surface area contributed by atoms with Gasteiger partial charge in [0.25, 0.3) is 0 Å². The number of hydrogen-bond acceptors (Lipinski definition) is 7. The van der Waals surface area contributed by atoms with Gasteiger partial charge in [0.15, 0.2) is 5.12 Å². The van der Waals surface area contributed by atoms with Crippen LogP contribution in [0.1, 0.15) is 109 Å². The second-order valence-corrected chi connectivity index (χ2v) is 15.3. The summed E-state index contributed by atoms with van der Waals surface area (Å²) in [5.41, 5.74) is -4.47. The normalized spacial score (nSPS) is 13.8. The molecule has 0 saturated heterocycles. The van der Waals surface area contributed by atoms with Crippen LogP contribution in [0.25, 0.3) is 0 Å². The maximum Gasteiger partial charge on any atom is 0.414 e. The van der Waals surface area contributed by atoms with Crippen molar-refractivity contribution in [2.75, 3.05) is 0 Å². The lowest BCUT2D eigenvalue weighted by atomic mass is 9.77. The Morgan fingerprint density at radius 1 is 0.743 bits per heavy atom. The average Bonchev–Trinajstić information content (AvgIpc) is 2.46. The zero-order valence-corrected chi connectivity index (χ0v) is 24.8. The molecule has 0 aromatic rings. The number of thioether (sulfide) groups is 1. The standard InChI is InChI=1S/C26H48N2O6S/c1-17(29)35-26(12,13)16-25(10,11)34-20(32)27-18(30)21(2,3)14-23(6,7)28-19(31)22(4,5)15-24(8,9)33/h33H,14-16H2,1-13H3,(H,28,31)(H,27,30,32). The van der Waals surface area contributed by atoms with Crippen molar-refractivity contribution >= 4 is 34.8 Å². The first-order valence-corrected chi connectivity index (χ1v) is 12.8. The Morgan fingerprint density at radius 2 is 1.20 bits per heavy atom. The zero-order chi connectivity index (χ0) is 28.3. The highest BCUT2D eigenvalue weighted by atomic mass is 32.2. The highest BCUT2D eigenvalue weighted by Crippen LogP contribution is 2.35. The molecule has 35 heavy (non-hydrogen) atoms. The quantitative estimate of drug-likeness (QED) is 0.355. The molecule has 9 heteroatoms. The van der Waals surface area contributed by atoms with Crippen LogP contribution in [0, 0.1) is 10.8 Å². The van der Waals surface area contributed by atoms with Crippen molar-refractivity contribution in [3.05, 3.63) is 0 Å². The van der Waals surface area contributed by atoms with Crippen LogP contribution < -0.4 is 10.6 Å². The van der Waals surface area contributed by atoms with E-state index in [4.69, 9.17) is 4.74 Å². The van der Waals surface area contributed by atoms with E-state index < -0.39 is 44.3 Å². The van der Waals surface area contributed by atoms with Crippen LogP contribution in [0.15, 0.2) is 0 Å². The summed E-state index contributed by atoms with van der Waals surface area (Å²) in [6, 6.07) is 0. The summed E-state index contributed by atoms with van der Waals surface area (Å²) in [5, 5.41) is 15.4. The van der Waals surface area contributed by atoms with Crippen molar-refractivity contribution in [3.8, 4) is 0 Å². The van der Waals surface area contributed by atoms with E-state index in [9.17, 15) is 24.3 Å².